The van der Waals surface area contributed by atoms with E-state index in [0.717, 1.165) is 12.0 Å². The maximum atomic E-state index is 13.9. The molecule has 0 radical (unpaired) electrons. The summed E-state index contributed by atoms with van der Waals surface area (Å²) in [5.74, 6) is -0.202. The highest BCUT2D eigenvalue weighted by atomic mass is 32.2. The lowest BCUT2D eigenvalue weighted by molar-refractivity contribution is -0.129. The number of anilines is 1. The minimum absolute atomic E-state index is 0.00179. The quantitative estimate of drug-likeness (QED) is 0.297. The van der Waals surface area contributed by atoms with Crippen LogP contribution in [0.5, 0.6) is 5.75 Å². The summed E-state index contributed by atoms with van der Waals surface area (Å²) in [4.78, 5) is 27.4. The van der Waals surface area contributed by atoms with Crippen LogP contribution in [0.4, 0.5) is 10.5 Å². The van der Waals surface area contributed by atoms with E-state index in [1.807, 2.05) is 36.4 Å². The number of nitrogens with one attached hydrogen (secondary N) is 1. The summed E-state index contributed by atoms with van der Waals surface area (Å²) in [6.45, 7) is 0.262. The Morgan fingerprint density at radius 1 is 1.09 bits per heavy atom. The Morgan fingerprint density at radius 2 is 1.82 bits per heavy atom. The smallest absolute Gasteiger partial charge is 0.415 e. The van der Waals surface area contributed by atoms with Gasteiger partial charge in [-0.15, -0.1) is 0 Å². The topological polar surface area (TPSA) is 135 Å². The normalized spacial score (nSPS) is 19.9. The minimum Gasteiger partial charge on any atom is -0.497 e. The van der Waals surface area contributed by atoms with Gasteiger partial charge in [0.05, 0.1) is 36.8 Å². The van der Waals surface area contributed by atoms with Crippen molar-refractivity contribution in [3.8, 4) is 5.75 Å². The molecule has 4 atom stereocenters. The van der Waals surface area contributed by atoms with Gasteiger partial charge in [0.2, 0.25) is 10.0 Å². The molecule has 2 aliphatic rings. The second kappa shape index (κ2) is 14.2. The van der Waals surface area contributed by atoms with Crippen molar-refractivity contribution in [1.82, 2.24) is 9.62 Å². The van der Waals surface area contributed by atoms with E-state index in [0.29, 0.717) is 24.5 Å². The van der Waals surface area contributed by atoms with E-state index in [1.165, 1.54) is 28.4 Å². The van der Waals surface area contributed by atoms with Gasteiger partial charge < -0.3 is 24.6 Å². The molecule has 44 heavy (non-hydrogen) atoms. The number of hydrogen-bond acceptors (Lipinski definition) is 8. The van der Waals surface area contributed by atoms with Crippen LogP contribution in [0.3, 0.4) is 0 Å². The van der Waals surface area contributed by atoms with Gasteiger partial charge in [0.1, 0.15) is 5.75 Å². The van der Waals surface area contributed by atoms with Crippen molar-refractivity contribution in [2.75, 3.05) is 38.3 Å². The first kappa shape index (κ1) is 31.5. The van der Waals surface area contributed by atoms with Gasteiger partial charge in [-0.25, -0.2) is 13.2 Å². The summed E-state index contributed by atoms with van der Waals surface area (Å²) in [6.07, 6.45) is -1.69. The maximum Gasteiger partial charge on any atom is 0.415 e. The molecule has 2 heterocycles. The van der Waals surface area contributed by atoms with Gasteiger partial charge in [0, 0.05) is 31.5 Å². The number of benzene rings is 3. The molecule has 2 N–H and O–H groups in total. The van der Waals surface area contributed by atoms with Crippen LogP contribution in [0, 0.1) is 0 Å². The molecular weight excluding hydrogens is 586 g/mol. The third-order valence-electron chi connectivity index (χ3n) is 7.76. The Balaban J connectivity index is 1.37. The molecule has 11 nitrogen and oxygen atoms in total. The van der Waals surface area contributed by atoms with Crippen LogP contribution in [-0.2, 0) is 30.7 Å². The minimum atomic E-state index is -4.09. The highest BCUT2D eigenvalue weighted by Gasteiger charge is 2.39. The van der Waals surface area contributed by atoms with Crippen molar-refractivity contribution in [3.05, 3.63) is 90.5 Å². The molecule has 3 aromatic carbocycles. The largest absolute Gasteiger partial charge is 0.497 e. The molecule has 0 saturated carbocycles. The lowest BCUT2D eigenvalue weighted by atomic mass is 10.0. The van der Waals surface area contributed by atoms with E-state index < -0.39 is 40.3 Å². The highest BCUT2D eigenvalue weighted by molar-refractivity contribution is 7.89. The van der Waals surface area contributed by atoms with Gasteiger partial charge in [-0.1, -0.05) is 54.6 Å². The fourth-order valence-corrected chi connectivity index (χ4v) is 6.90. The zero-order valence-corrected chi connectivity index (χ0v) is 25.3. The molecule has 0 spiro atoms. The van der Waals surface area contributed by atoms with Crippen LogP contribution in [0.25, 0.3) is 0 Å². The van der Waals surface area contributed by atoms with Crippen LogP contribution >= 0.6 is 0 Å². The Labute approximate surface area is 257 Å². The van der Waals surface area contributed by atoms with Gasteiger partial charge >= 0.3 is 6.09 Å². The Hall–Kier alpha value is -3.97. The molecule has 0 bridgehead atoms. The van der Waals surface area contributed by atoms with E-state index >= 15 is 0 Å². The average Bonchev–Trinajstić information content (AvgIpc) is 3.71. The molecule has 2 fully saturated rings. The predicted molar refractivity (Wildman–Crippen MR) is 163 cm³/mol. The van der Waals surface area contributed by atoms with Crippen molar-refractivity contribution in [2.24, 2.45) is 0 Å². The molecule has 2 aliphatic heterocycles. The number of methoxy groups -OCH3 is 1. The standard InChI is InChI=1S/C32H37N3O8S/c1-41-25-14-8-16-27(19-25)44(39,40)34(20-26-15-9-17-42-26)21-29(36)28(18-23-10-4-2-5-11-23)33-31(37)30-22-35(32(38)43-30)24-12-6-3-7-13-24/h2-8,10-14,16,19,26,28-30,36H,9,15,17-18,20-22H2,1H3,(H,33,37)/t26-,28+,29-,30+/m1/s1. The Bertz CT molecular complexity index is 1520. The molecule has 12 heteroatoms. The third-order valence-corrected chi connectivity index (χ3v) is 9.59. The molecule has 0 aliphatic carbocycles. The summed E-state index contributed by atoms with van der Waals surface area (Å²) in [5, 5.41) is 14.4. The van der Waals surface area contributed by atoms with E-state index in [1.54, 1.807) is 36.4 Å². The fourth-order valence-electron chi connectivity index (χ4n) is 5.38. The first-order valence-electron chi connectivity index (χ1n) is 14.6. The predicted octanol–water partition coefficient (Wildman–Crippen LogP) is 2.98. The number of nitrogens with zero attached hydrogens (tertiary/aromatic N) is 2. The zero-order valence-electron chi connectivity index (χ0n) is 24.4. The highest BCUT2D eigenvalue weighted by Crippen LogP contribution is 2.25. The van der Waals surface area contributed by atoms with Crippen LogP contribution in [-0.4, -0.2) is 87.5 Å². The van der Waals surface area contributed by atoms with E-state index in [2.05, 4.69) is 5.32 Å². The summed E-state index contributed by atoms with van der Waals surface area (Å²) in [6, 6.07) is 23.4. The lowest BCUT2D eigenvalue weighted by Gasteiger charge is -2.31. The number of carbonyl (C=O) groups is 2. The molecule has 0 unspecified atom stereocenters. The van der Waals surface area contributed by atoms with Gasteiger partial charge in [-0.05, 0) is 49.1 Å². The molecule has 5 rings (SSSR count). The number of carbonyl (C=O) groups excluding carboxylic acids is 2. The fraction of sp³-hybridized carbons (Fsp3) is 0.375. The zero-order chi connectivity index (χ0) is 31.1. The molecule has 0 aromatic heterocycles. The summed E-state index contributed by atoms with van der Waals surface area (Å²) >= 11 is 0. The molecule has 3 aromatic rings. The number of rotatable bonds is 13. The summed E-state index contributed by atoms with van der Waals surface area (Å²) in [7, 11) is -2.63. The number of sulfonamides is 1. The van der Waals surface area contributed by atoms with Crippen LogP contribution < -0.4 is 15.0 Å². The number of aliphatic hydroxyl groups excluding tert-OH is 1. The van der Waals surface area contributed by atoms with Crippen molar-refractivity contribution < 1.29 is 37.3 Å². The summed E-state index contributed by atoms with van der Waals surface area (Å²) in [5.41, 5.74) is 1.42. The third kappa shape index (κ3) is 7.56. The van der Waals surface area contributed by atoms with E-state index in [4.69, 9.17) is 14.2 Å². The summed E-state index contributed by atoms with van der Waals surface area (Å²) < 4.78 is 45.4. The number of cyclic esters (lactones) is 1. The number of aliphatic hydroxyl groups is 1. The average molecular weight is 624 g/mol. The van der Waals surface area contributed by atoms with Crippen molar-refractivity contribution in [1.29, 1.82) is 0 Å². The van der Waals surface area contributed by atoms with Crippen LogP contribution in [0.1, 0.15) is 18.4 Å². The van der Waals surface area contributed by atoms with Gasteiger partial charge in [0.25, 0.3) is 5.91 Å². The number of ether oxygens (including phenoxy) is 3. The van der Waals surface area contributed by atoms with Crippen LogP contribution in [0.2, 0.25) is 0 Å². The van der Waals surface area contributed by atoms with Crippen LogP contribution in [0.15, 0.2) is 89.8 Å². The van der Waals surface area contributed by atoms with Gasteiger partial charge in [0.15, 0.2) is 6.10 Å². The maximum absolute atomic E-state index is 13.9. The second-order valence-corrected chi connectivity index (χ2v) is 12.8. The van der Waals surface area contributed by atoms with Gasteiger partial charge in [-0.2, -0.15) is 4.31 Å². The number of hydrogen-bond donors (Lipinski definition) is 2. The monoisotopic (exact) mass is 623 g/mol. The first-order chi connectivity index (χ1) is 21.2. The molecular formula is C32H37N3O8S. The second-order valence-electron chi connectivity index (χ2n) is 10.8. The lowest BCUT2D eigenvalue weighted by Crippen LogP contribution is -2.53. The molecule has 2 amide bonds. The van der Waals surface area contributed by atoms with Crippen molar-refractivity contribution >= 4 is 27.7 Å². The Kier molecular flexibility index (Phi) is 10.2. The van der Waals surface area contributed by atoms with Crippen molar-refractivity contribution in [3.63, 3.8) is 0 Å². The number of amides is 2. The van der Waals surface area contributed by atoms with Crippen molar-refractivity contribution in [2.45, 2.75) is 48.5 Å². The first-order valence-corrected chi connectivity index (χ1v) is 16.0. The van der Waals surface area contributed by atoms with Gasteiger partial charge in [-0.3, -0.25) is 9.69 Å². The Morgan fingerprint density at radius 3 is 2.50 bits per heavy atom. The van der Waals surface area contributed by atoms with E-state index in [-0.39, 0.29) is 37.1 Å². The number of para-hydroxylation sites is 1. The molecule has 2 saturated heterocycles. The van der Waals surface area contributed by atoms with E-state index in [9.17, 15) is 23.1 Å². The SMILES string of the molecule is COc1cccc(S(=O)(=O)N(C[C@H]2CCCO2)C[C@@H](O)[C@H](Cc2ccccc2)NC(=O)[C@@H]2CN(c3ccccc3)C(=O)O2)c1. The molecule has 234 valence electrons.